The molecule has 0 radical (unpaired) electrons. The van der Waals surface area contributed by atoms with Crippen LogP contribution in [0.5, 0.6) is 5.75 Å². The summed E-state index contributed by atoms with van der Waals surface area (Å²) in [6.07, 6.45) is 1.41. The second-order valence-corrected chi connectivity index (χ2v) is 3.67. The molecule has 0 spiro atoms. The van der Waals surface area contributed by atoms with Crippen LogP contribution in [0.4, 0.5) is 0 Å². The third-order valence-corrected chi connectivity index (χ3v) is 2.54. The number of aromatic amines is 2. The topological polar surface area (TPSA) is 75.0 Å². The van der Waals surface area contributed by atoms with E-state index in [-0.39, 0.29) is 0 Å². The number of H-pyrrole nitrogens is 2. The number of benzene rings is 1. The third kappa shape index (κ3) is 2.13. The van der Waals surface area contributed by atoms with Crippen molar-refractivity contribution in [3.8, 4) is 16.9 Å². The Bertz CT molecular complexity index is 655. The summed E-state index contributed by atoms with van der Waals surface area (Å²) < 4.78 is 5.09. The summed E-state index contributed by atoms with van der Waals surface area (Å²) in [7, 11) is 1.58. The second-order valence-electron chi connectivity index (χ2n) is 3.67. The number of aromatic nitrogens is 2. The summed E-state index contributed by atoms with van der Waals surface area (Å²) >= 11 is 0. The van der Waals surface area contributed by atoms with Gasteiger partial charge in [-0.2, -0.15) is 0 Å². The molecule has 2 N–H and O–H groups in total. The van der Waals surface area contributed by atoms with E-state index < -0.39 is 11.2 Å². The Morgan fingerprint density at radius 3 is 2.53 bits per heavy atom. The van der Waals surface area contributed by atoms with Crippen LogP contribution in [-0.4, -0.2) is 17.1 Å². The third-order valence-electron chi connectivity index (χ3n) is 2.54. The predicted molar refractivity (Wildman–Crippen MR) is 64.4 cm³/mol. The molecule has 0 saturated carbocycles. The summed E-state index contributed by atoms with van der Waals surface area (Å²) in [5.74, 6) is 0.729. The van der Waals surface area contributed by atoms with Crippen molar-refractivity contribution < 1.29 is 4.74 Å². The van der Waals surface area contributed by atoms with Gasteiger partial charge in [0.1, 0.15) is 5.75 Å². The van der Waals surface area contributed by atoms with Gasteiger partial charge in [-0.05, 0) is 30.2 Å². The number of aryl methyl sites for hydroxylation is 1. The van der Waals surface area contributed by atoms with Gasteiger partial charge in [0.25, 0.3) is 5.56 Å². The molecule has 5 heteroatoms. The zero-order valence-electron chi connectivity index (χ0n) is 9.53. The van der Waals surface area contributed by atoms with E-state index in [9.17, 15) is 9.59 Å². The minimum Gasteiger partial charge on any atom is -0.497 e. The lowest BCUT2D eigenvalue weighted by atomic mass is 10.0. The molecular weight excluding hydrogens is 220 g/mol. The van der Waals surface area contributed by atoms with E-state index in [4.69, 9.17) is 4.74 Å². The maximum atomic E-state index is 11.6. The highest BCUT2D eigenvalue weighted by Gasteiger charge is 2.07. The van der Waals surface area contributed by atoms with E-state index in [2.05, 4.69) is 9.97 Å². The van der Waals surface area contributed by atoms with E-state index in [1.54, 1.807) is 19.2 Å². The minimum absolute atomic E-state index is 0.401. The fourth-order valence-electron chi connectivity index (χ4n) is 1.68. The highest BCUT2D eigenvalue weighted by molar-refractivity contribution is 5.66. The average Bonchev–Trinajstić information content (AvgIpc) is 2.30. The molecule has 0 atom stereocenters. The molecule has 2 aromatic rings. The minimum atomic E-state index is -0.509. The molecule has 1 aromatic heterocycles. The van der Waals surface area contributed by atoms with Gasteiger partial charge in [-0.1, -0.05) is 6.07 Å². The molecule has 88 valence electrons. The lowest BCUT2D eigenvalue weighted by Crippen LogP contribution is -2.22. The smallest absolute Gasteiger partial charge is 0.325 e. The summed E-state index contributed by atoms with van der Waals surface area (Å²) in [5.41, 5.74) is 1.20. The molecule has 0 amide bonds. The maximum absolute atomic E-state index is 11.6. The van der Waals surface area contributed by atoms with Gasteiger partial charge < -0.3 is 9.72 Å². The first-order chi connectivity index (χ1) is 8.11. The molecule has 1 heterocycles. The molecule has 5 nitrogen and oxygen atoms in total. The fourth-order valence-corrected chi connectivity index (χ4v) is 1.68. The second kappa shape index (κ2) is 4.29. The Kier molecular flexibility index (Phi) is 2.82. The maximum Gasteiger partial charge on any atom is 0.325 e. The van der Waals surface area contributed by atoms with Crippen molar-refractivity contribution in [2.24, 2.45) is 0 Å². The number of hydrogen-bond acceptors (Lipinski definition) is 3. The normalized spacial score (nSPS) is 10.2. The molecule has 1 aromatic carbocycles. The Morgan fingerprint density at radius 2 is 1.94 bits per heavy atom. The number of rotatable bonds is 2. The number of ether oxygens (including phenoxy) is 1. The molecular formula is C12H12N2O3. The van der Waals surface area contributed by atoms with Crippen molar-refractivity contribution in [1.29, 1.82) is 0 Å². The van der Waals surface area contributed by atoms with Crippen LogP contribution in [0, 0.1) is 6.92 Å². The highest BCUT2D eigenvalue weighted by atomic mass is 16.5. The molecule has 0 unspecified atom stereocenters. The van der Waals surface area contributed by atoms with Crippen molar-refractivity contribution in [1.82, 2.24) is 9.97 Å². The molecule has 17 heavy (non-hydrogen) atoms. The van der Waals surface area contributed by atoms with Crippen LogP contribution in [-0.2, 0) is 0 Å². The molecule has 2 rings (SSSR count). The molecule has 0 aliphatic heterocycles. The SMILES string of the molecule is COc1ccc(-c2c[nH]c(=O)[nH]c2=O)c(C)c1. The lowest BCUT2D eigenvalue weighted by molar-refractivity contribution is 0.414. The first kappa shape index (κ1) is 11.2. The Hall–Kier alpha value is -2.30. The van der Waals surface area contributed by atoms with Gasteiger partial charge in [0.15, 0.2) is 0 Å². The molecule has 0 aliphatic rings. The summed E-state index contributed by atoms with van der Waals surface area (Å²) in [4.78, 5) is 27.2. The molecule has 0 bridgehead atoms. The van der Waals surface area contributed by atoms with Crippen molar-refractivity contribution in [2.75, 3.05) is 7.11 Å². The monoisotopic (exact) mass is 232 g/mol. The van der Waals surface area contributed by atoms with Crippen LogP contribution in [0.3, 0.4) is 0 Å². The van der Waals surface area contributed by atoms with Crippen LogP contribution < -0.4 is 16.0 Å². The zero-order chi connectivity index (χ0) is 12.4. The quantitative estimate of drug-likeness (QED) is 0.812. The Labute approximate surface area is 97.1 Å². The van der Waals surface area contributed by atoms with E-state index in [0.717, 1.165) is 16.9 Å². The van der Waals surface area contributed by atoms with Crippen molar-refractivity contribution in [3.63, 3.8) is 0 Å². The van der Waals surface area contributed by atoms with Crippen LogP contribution in [0.2, 0.25) is 0 Å². The van der Waals surface area contributed by atoms with Crippen molar-refractivity contribution in [3.05, 3.63) is 50.8 Å². The number of hydrogen-bond donors (Lipinski definition) is 2. The van der Waals surface area contributed by atoms with Gasteiger partial charge in [-0.3, -0.25) is 9.78 Å². The van der Waals surface area contributed by atoms with Crippen LogP contribution in [0.15, 0.2) is 34.0 Å². The number of methoxy groups -OCH3 is 1. The van der Waals surface area contributed by atoms with E-state index >= 15 is 0 Å². The lowest BCUT2D eigenvalue weighted by Gasteiger charge is -2.06. The molecule has 0 fully saturated rings. The largest absolute Gasteiger partial charge is 0.497 e. The van der Waals surface area contributed by atoms with E-state index in [1.165, 1.54) is 6.20 Å². The first-order valence-corrected chi connectivity index (χ1v) is 5.09. The highest BCUT2D eigenvalue weighted by Crippen LogP contribution is 2.23. The molecule has 0 aliphatic carbocycles. The Morgan fingerprint density at radius 1 is 1.18 bits per heavy atom. The van der Waals surface area contributed by atoms with E-state index in [1.807, 2.05) is 13.0 Å². The summed E-state index contributed by atoms with van der Waals surface area (Å²) in [6, 6.07) is 5.39. The van der Waals surface area contributed by atoms with Gasteiger partial charge in [0.05, 0.1) is 12.7 Å². The predicted octanol–water partition coefficient (Wildman–Crippen LogP) is 1.05. The molecule has 0 saturated heterocycles. The van der Waals surface area contributed by atoms with Gasteiger partial charge in [0.2, 0.25) is 0 Å². The fraction of sp³-hybridized carbons (Fsp3) is 0.167. The average molecular weight is 232 g/mol. The first-order valence-electron chi connectivity index (χ1n) is 5.09. The summed E-state index contributed by atoms with van der Waals surface area (Å²) in [6.45, 7) is 1.88. The van der Waals surface area contributed by atoms with Gasteiger partial charge in [0, 0.05) is 6.20 Å². The van der Waals surface area contributed by atoms with Crippen LogP contribution in [0.25, 0.3) is 11.1 Å². The van der Waals surface area contributed by atoms with Gasteiger partial charge >= 0.3 is 5.69 Å². The van der Waals surface area contributed by atoms with Crippen LogP contribution >= 0.6 is 0 Å². The summed E-state index contributed by atoms with van der Waals surface area (Å²) in [5, 5.41) is 0. The van der Waals surface area contributed by atoms with Crippen molar-refractivity contribution >= 4 is 0 Å². The number of nitrogens with one attached hydrogen (secondary N) is 2. The van der Waals surface area contributed by atoms with Crippen molar-refractivity contribution in [2.45, 2.75) is 6.92 Å². The zero-order valence-corrected chi connectivity index (χ0v) is 9.53. The standard InChI is InChI=1S/C12H12N2O3/c1-7-5-8(17-2)3-4-9(7)10-6-13-12(16)14-11(10)15/h3-6H,1-2H3,(H2,13,14,15,16). The Balaban J connectivity index is 2.61. The van der Waals surface area contributed by atoms with Gasteiger partial charge in [-0.15, -0.1) is 0 Å². The van der Waals surface area contributed by atoms with Crippen LogP contribution in [0.1, 0.15) is 5.56 Å². The van der Waals surface area contributed by atoms with E-state index in [0.29, 0.717) is 5.56 Å². The van der Waals surface area contributed by atoms with Gasteiger partial charge in [-0.25, -0.2) is 4.79 Å².